The fourth-order valence-corrected chi connectivity index (χ4v) is 1.63. The fraction of sp³-hybridized carbons (Fsp3) is 0.250. The van der Waals surface area contributed by atoms with Gasteiger partial charge >= 0.3 is 5.97 Å². The minimum Gasteiger partial charge on any atom is -0.465 e. The van der Waals surface area contributed by atoms with Crippen molar-refractivity contribution in [3.8, 4) is 0 Å². The van der Waals surface area contributed by atoms with Crippen molar-refractivity contribution in [1.82, 2.24) is 0 Å². The van der Waals surface area contributed by atoms with Crippen LogP contribution in [-0.2, 0) is 14.3 Å². The van der Waals surface area contributed by atoms with Crippen molar-refractivity contribution in [2.75, 3.05) is 17.7 Å². The number of anilines is 2. The van der Waals surface area contributed by atoms with Crippen molar-refractivity contribution in [2.45, 2.75) is 13.8 Å². The van der Waals surface area contributed by atoms with Gasteiger partial charge in [0.2, 0.25) is 11.8 Å². The summed E-state index contributed by atoms with van der Waals surface area (Å²) in [4.78, 5) is 33.9. The van der Waals surface area contributed by atoms with E-state index in [9.17, 15) is 14.4 Å². The van der Waals surface area contributed by atoms with Gasteiger partial charge in [0.05, 0.1) is 12.7 Å². The molecule has 0 atom stereocenters. The second-order valence-corrected chi connectivity index (χ2v) is 4.05. The zero-order valence-corrected chi connectivity index (χ0v) is 11.3. The molecule has 6 nitrogen and oxygen atoms in total. The standard InChI is InChI=1S/C12H15BN2O4/c1-6(16)14-8-4-9(12(18)19-3)11(13)10(5-8)15-7(2)17/h4-5H,13H2,1-3H3,(H,14,16)(H,15,17). The number of amides is 2. The molecule has 1 aromatic rings. The maximum absolute atomic E-state index is 11.7. The molecular formula is C12H15BN2O4. The lowest BCUT2D eigenvalue weighted by Crippen LogP contribution is -2.24. The molecule has 0 fully saturated rings. The summed E-state index contributed by atoms with van der Waals surface area (Å²) in [5.74, 6) is -1.07. The Labute approximate surface area is 111 Å². The van der Waals surface area contributed by atoms with E-state index >= 15 is 0 Å². The molecule has 0 aromatic heterocycles. The molecule has 0 spiro atoms. The first-order chi connectivity index (χ1) is 8.85. The van der Waals surface area contributed by atoms with Crippen LogP contribution in [0.15, 0.2) is 12.1 Å². The summed E-state index contributed by atoms with van der Waals surface area (Å²) >= 11 is 0. The molecule has 0 aliphatic carbocycles. The van der Waals surface area contributed by atoms with Gasteiger partial charge in [-0.25, -0.2) is 4.79 Å². The quantitative estimate of drug-likeness (QED) is 0.576. The molecule has 0 bridgehead atoms. The Balaban J connectivity index is 3.32. The van der Waals surface area contributed by atoms with E-state index in [1.807, 2.05) is 0 Å². The number of carbonyl (C=O) groups is 3. The van der Waals surface area contributed by atoms with Crippen LogP contribution >= 0.6 is 0 Å². The number of nitrogens with one attached hydrogen (secondary N) is 2. The van der Waals surface area contributed by atoms with Gasteiger partial charge in [0, 0.05) is 25.2 Å². The summed E-state index contributed by atoms with van der Waals surface area (Å²) in [5, 5.41) is 5.18. The van der Waals surface area contributed by atoms with Crippen molar-refractivity contribution in [2.24, 2.45) is 0 Å². The van der Waals surface area contributed by atoms with E-state index in [4.69, 9.17) is 0 Å². The van der Waals surface area contributed by atoms with Crippen LogP contribution in [0.2, 0.25) is 0 Å². The predicted octanol–water partition coefficient (Wildman–Crippen LogP) is -0.352. The molecule has 7 heteroatoms. The summed E-state index contributed by atoms with van der Waals surface area (Å²) in [6.07, 6.45) is 0. The Bertz CT molecular complexity index is 543. The number of hydrogen-bond acceptors (Lipinski definition) is 4. The highest BCUT2D eigenvalue weighted by Crippen LogP contribution is 2.17. The number of hydrogen-bond donors (Lipinski definition) is 2. The second-order valence-electron chi connectivity index (χ2n) is 4.05. The van der Waals surface area contributed by atoms with Gasteiger partial charge in [-0.1, -0.05) is 5.46 Å². The zero-order chi connectivity index (χ0) is 14.6. The van der Waals surface area contributed by atoms with Gasteiger partial charge in [0.15, 0.2) is 0 Å². The first-order valence-electron chi connectivity index (χ1n) is 5.63. The maximum Gasteiger partial charge on any atom is 0.337 e. The van der Waals surface area contributed by atoms with Crippen LogP contribution in [0.4, 0.5) is 11.4 Å². The molecule has 2 N–H and O–H groups in total. The highest BCUT2D eigenvalue weighted by molar-refractivity contribution is 6.40. The minimum atomic E-state index is -0.531. The number of carbonyl (C=O) groups excluding carboxylic acids is 3. The van der Waals surface area contributed by atoms with Crippen LogP contribution in [0, 0.1) is 0 Å². The van der Waals surface area contributed by atoms with Crippen LogP contribution in [-0.4, -0.2) is 32.7 Å². The molecule has 1 rings (SSSR count). The smallest absolute Gasteiger partial charge is 0.337 e. The van der Waals surface area contributed by atoms with Gasteiger partial charge in [-0.05, 0) is 12.1 Å². The van der Waals surface area contributed by atoms with E-state index < -0.39 is 5.97 Å². The van der Waals surface area contributed by atoms with Crippen LogP contribution < -0.4 is 16.1 Å². The van der Waals surface area contributed by atoms with E-state index in [0.717, 1.165) is 0 Å². The first kappa shape index (κ1) is 14.8. The third-order valence-electron chi connectivity index (χ3n) is 2.44. The fourth-order valence-electron chi connectivity index (χ4n) is 1.63. The van der Waals surface area contributed by atoms with Crippen LogP contribution in [0.3, 0.4) is 0 Å². The summed E-state index contributed by atoms with van der Waals surface area (Å²) in [5.41, 5.74) is 1.75. The van der Waals surface area contributed by atoms with Gasteiger partial charge in [0.25, 0.3) is 0 Å². The van der Waals surface area contributed by atoms with Gasteiger partial charge in [-0.2, -0.15) is 0 Å². The van der Waals surface area contributed by atoms with Crippen molar-refractivity contribution in [3.05, 3.63) is 17.7 Å². The van der Waals surface area contributed by atoms with E-state index in [1.165, 1.54) is 27.0 Å². The molecule has 2 amide bonds. The minimum absolute atomic E-state index is 0.265. The summed E-state index contributed by atoms with van der Waals surface area (Å²) < 4.78 is 4.67. The third-order valence-corrected chi connectivity index (χ3v) is 2.44. The van der Waals surface area contributed by atoms with Gasteiger partial charge in [-0.15, -0.1) is 0 Å². The van der Waals surface area contributed by atoms with E-state index in [-0.39, 0.29) is 17.4 Å². The lowest BCUT2D eigenvalue weighted by molar-refractivity contribution is -0.115. The lowest BCUT2D eigenvalue weighted by Gasteiger charge is -2.14. The molecule has 0 unspecified atom stereocenters. The Morgan fingerprint density at radius 1 is 1.11 bits per heavy atom. The van der Waals surface area contributed by atoms with Crippen LogP contribution in [0.25, 0.3) is 0 Å². The monoisotopic (exact) mass is 262 g/mol. The van der Waals surface area contributed by atoms with Crippen LogP contribution in [0.1, 0.15) is 24.2 Å². The Hall–Kier alpha value is -2.31. The van der Waals surface area contributed by atoms with Gasteiger partial charge in [0.1, 0.15) is 7.85 Å². The molecule has 0 saturated heterocycles. The topological polar surface area (TPSA) is 84.5 Å². The summed E-state index contributed by atoms with van der Waals surface area (Å²) in [6.45, 7) is 2.72. The van der Waals surface area contributed by atoms with Crippen molar-refractivity contribution < 1.29 is 19.1 Å². The molecule has 0 heterocycles. The van der Waals surface area contributed by atoms with E-state index in [1.54, 1.807) is 13.9 Å². The molecule has 19 heavy (non-hydrogen) atoms. The van der Waals surface area contributed by atoms with Gasteiger partial charge < -0.3 is 15.4 Å². The molecule has 0 aliphatic heterocycles. The van der Waals surface area contributed by atoms with E-state index in [0.29, 0.717) is 16.8 Å². The van der Waals surface area contributed by atoms with Crippen LogP contribution in [0.5, 0.6) is 0 Å². The highest BCUT2D eigenvalue weighted by atomic mass is 16.5. The SMILES string of the molecule is Bc1c(NC(C)=O)cc(NC(C)=O)cc1C(=O)OC. The van der Waals surface area contributed by atoms with Crippen molar-refractivity contribution >= 4 is 42.5 Å². The maximum atomic E-state index is 11.7. The first-order valence-corrected chi connectivity index (χ1v) is 5.63. The number of esters is 1. The zero-order valence-electron chi connectivity index (χ0n) is 11.3. The van der Waals surface area contributed by atoms with Crippen molar-refractivity contribution in [1.29, 1.82) is 0 Å². The number of rotatable bonds is 3. The summed E-state index contributed by atoms with van der Waals surface area (Å²) in [7, 11) is 2.96. The average molecular weight is 262 g/mol. The number of ether oxygens (including phenoxy) is 1. The highest BCUT2D eigenvalue weighted by Gasteiger charge is 2.15. The molecule has 1 aromatic carbocycles. The normalized spacial score (nSPS) is 9.63. The largest absolute Gasteiger partial charge is 0.465 e. The Morgan fingerprint density at radius 3 is 2.16 bits per heavy atom. The predicted molar refractivity (Wildman–Crippen MR) is 74.6 cm³/mol. The Kier molecular flexibility index (Phi) is 4.69. The molecule has 100 valence electrons. The molecule has 0 aliphatic rings. The second kappa shape index (κ2) is 6.04. The van der Waals surface area contributed by atoms with Gasteiger partial charge in [-0.3, -0.25) is 9.59 Å². The number of benzene rings is 1. The van der Waals surface area contributed by atoms with Crippen molar-refractivity contribution in [3.63, 3.8) is 0 Å². The molecule has 0 saturated carbocycles. The molecular weight excluding hydrogens is 247 g/mol. The lowest BCUT2D eigenvalue weighted by atomic mass is 9.88. The third kappa shape index (κ3) is 3.84. The average Bonchev–Trinajstić information content (AvgIpc) is 2.30. The number of methoxy groups -OCH3 is 1. The van der Waals surface area contributed by atoms with E-state index in [2.05, 4.69) is 15.4 Å². The Morgan fingerprint density at radius 2 is 1.68 bits per heavy atom. The summed E-state index contributed by atoms with van der Waals surface area (Å²) in [6, 6.07) is 3.10. The molecule has 0 radical (unpaired) electrons.